The van der Waals surface area contributed by atoms with Gasteiger partial charge in [0.15, 0.2) is 11.8 Å². The van der Waals surface area contributed by atoms with Crippen LogP contribution >= 0.6 is 15.9 Å². The second-order valence-electron chi connectivity index (χ2n) is 4.97. The average molecular weight is 357 g/mol. The third-order valence-corrected chi connectivity index (χ3v) is 3.66. The fraction of sp³-hybridized carbons (Fsp3) is 0.500. The van der Waals surface area contributed by atoms with Crippen LogP contribution in [-0.2, 0) is 9.53 Å². The zero-order valence-electron chi connectivity index (χ0n) is 11.6. The maximum Gasteiger partial charge on any atom is 0.331 e. The Morgan fingerprint density at radius 1 is 1.52 bits per heavy atom. The topological polar surface area (TPSA) is 88.3 Å². The van der Waals surface area contributed by atoms with E-state index in [9.17, 15) is 14.4 Å². The van der Waals surface area contributed by atoms with Crippen LogP contribution in [0.2, 0.25) is 0 Å². The van der Waals surface area contributed by atoms with Gasteiger partial charge in [-0.05, 0) is 41.3 Å². The van der Waals surface area contributed by atoms with Crippen LogP contribution in [0.3, 0.4) is 0 Å². The minimum atomic E-state index is -1.03. The Morgan fingerprint density at radius 2 is 2.24 bits per heavy atom. The van der Waals surface area contributed by atoms with E-state index in [4.69, 9.17) is 4.74 Å². The molecule has 114 valence electrons. The van der Waals surface area contributed by atoms with Gasteiger partial charge in [-0.25, -0.2) is 4.79 Å². The van der Waals surface area contributed by atoms with Gasteiger partial charge in [0.25, 0.3) is 5.56 Å². The molecule has 0 amide bonds. The number of ether oxygens (including phenoxy) is 1. The van der Waals surface area contributed by atoms with Crippen LogP contribution in [0.1, 0.15) is 36.5 Å². The third kappa shape index (κ3) is 4.25. The molecule has 1 aliphatic carbocycles. The van der Waals surface area contributed by atoms with E-state index in [0.717, 1.165) is 12.8 Å². The van der Waals surface area contributed by atoms with Crippen molar-refractivity contribution in [3.05, 3.63) is 32.7 Å². The van der Waals surface area contributed by atoms with Crippen molar-refractivity contribution < 1.29 is 14.3 Å². The first-order chi connectivity index (χ1) is 10.0. The van der Waals surface area contributed by atoms with E-state index in [-0.39, 0.29) is 28.2 Å². The molecule has 1 aromatic heterocycles. The summed E-state index contributed by atoms with van der Waals surface area (Å²) in [5.41, 5.74) is -0.0696. The van der Waals surface area contributed by atoms with Crippen LogP contribution < -0.4 is 10.9 Å². The molecule has 2 N–H and O–H groups in total. The summed E-state index contributed by atoms with van der Waals surface area (Å²) in [6, 6.07) is 0.566. The number of aromatic amines is 1. The molecule has 1 saturated carbocycles. The van der Waals surface area contributed by atoms with Gasteiger partial charge in [-0.1, -0.05) is 6.92 Å². The lowest BCUT2D eigenvalue weighted by molar-refractivity contribution is -0.144. The summed E-state index contributed by atoms with van der Waals surface area (Å²) in [7, 11) is 0. The first-order valence-corrected chi connectivity index (χ1v) is 7.67. The zero-order valence-corrected chi connectivity index (χ0v) is 13.2. The number of rotatable bonds is 7. The normalized spacial score (nSPS) is 15.5. The van der Waals surface area contributed by atoms with Gasteiger partial charge in [0.1, 0.15) is 0 Å². The standard InChI is InChI=1S/C14H17BrN2O4/c1-2-5-21-14(20)11(17-9-3-4-9)12(18)8-6-10(15)13(19)16-7-8/h6-7,9,11,17H,2-5H2,1H3,(H,16,19). The average Bonchev–Trinajstić information content (AvgIpc) is 3.28. The molecule has 0 radical (unpaired) electrons. The maximum absolute atomic E-state index is 12.5. The van der Waals surface area contributed by atoms with Crippen LogP contribution in [0.5, 0.6) is 0 Å². The number of ketones is 1. The van der Waals surface area contributed by atoms with Crippen LogP contribution in [0.4, 0.5) is 0 Å². The summed E-state index contributed by atoms with van der Waals surface area (Å²) in [6.07, 6.45) is 3.89. The molecule has 0 aliphatic heterocycles. The number of nitrogens with one attached hydrogen (secondary N) is 2. The lowest BCUT2D eigenvalue weighted by Gasteiger charge is -2.16. The quantitative estimate of drug-likeness (QED) is 0.438. The number of aromatic nitrogens is 1. The number of pyridine rings is 1. The van der Waals surface area contributed by atoms with E-state index < -0.39 is 17.8 Å². The number of carbonyl (C=O) groups is 2. The van der Waals surface area contributed by atoms with E-state index in [1.807, 2.05) is 6.92 Å². The van der Waals surface area contributed by atoms with E-state index in [0.29, 0.717) is 6.42 Å². The van der Waals surface area contributed by atoms with Crippen molar-refractivity contribution in [2.24, 2.45) is 0 Å². The summed E-state index contributed by atoms with van der Waals surface area (Å²) in [6.45, 7) is 2.17. The van der Waals surface area contributed by atoms with Crippen molar-refractivity contribution in [1.82, 2.24) is 10.3 Å². The maximum atomic E-state index is 12.5. The van der Waals surface area contributed by atoms with Crippen molar-refractivity contribution in [3.63, 3.8) is 0 Å². The highest BCUT2D eigenvalue weighted by atomic mass is 79.9. The Kier molecular flexibility index (Phi) is 5.30. The number of halogens is 1. The number of hydrogen-bond donors (Lipinski definition) is 2. The Bertz CT molecular complexity index is 595. The fourth-order valence-corrected chi connectivity index (χ4v) is 2.15. The SMILES string of the molecule is CCCOC(=O)C(NC1CC1)C(=O)c1c[nH]c(=O)c(Br)c1. The molecule has 0 spiro atoms. The highest BCUT2D eigenvalue weighted by molar-refractivity contribution is 9.10. The predicted molar refractivity (Wildman–Crippen MR) is 80.3 cm³/mol. The Labute approximate surface area is 130 Å². The molecule has 1 fully saturated rings. The van der Waals surface area contributed by atoms with Crippen molar-refractivity contribution in [2.75, 3.05) is 6.61 Å². The molecule has 0 saturated heterocycles. The fourth-order valence-electron chi connectivity index (χ4n) is 1.79. The smallest absolute Gasteiger partial charge is 0.331 e. The first kappa shape index (κ1) is 15.9. The Balaban J connectivity index is 2.17. The first-order valence-electron chi connectivity index (χ1n) is 6.88. The lowest BCUT2D eigenvalue weighted by atomic mass is 10.1. The van der Waals surface area contributed by atoms with Gasteiger partial charge < -0.3 is 9.72 Å². The molecule has 1 unspecified atom stereocenters. The molecule has 6 nitrogen and oxygen atoms in total. The molecule has 7 heteroatoms. The minimum Gasteiger partial charge on any atom is -0.464 e. The molecular weight excluding hydrogens is 340 g/mol. The van der Waals surface area contributed by atoms with E-state index in [1.54, 1.807) is 0 Å². The van der Waals surface area contributed by atoms with Crippen molar-refractivity contribution in [2.45, 2.75) is 38.3 Å². The van der Waals surface area contributed by atoms with Crippen LogP contribution in [0.15, 0.2) is 21.5 Å². The minimum absolute atomic E-state index is 0.180. The van der Waals surface area contributed by atoms with Gasteiger partial charge in [0.2, 0.25) is 0 Å². The van der Waals surface area contributed by atoms with Gasteiger partial charge in [-0.15, -0.1) is 0 Å². The molecule has 1 heterocycles. The molecule has 2 rings (SSSR count). The van der Waals surface area contributed by atoms with Gasteiger partial charge in [0.05, 0.1) is 11.1 Å². The van der Waals surface area contributed by atoms with Gasteiger partial charge >= 0.3 is 5.97 Å². The number of esters is 1. The van der Waals surface area contributed by atoms with E-state index >= 15 is 0 Å². The highest BCUT2D eigenvalue weighted by Gasteiger charge is 2.34. The Hall–Kier alpha value is -1.47. The predicted octanol–water partition coefficient (Wildman–Crippen LogP) is 1.39. The van der Waals surface area contributed by atoms with Crippen LogP contribution in [0.25, 0.3) is 0 Å². The molecule has 1 atom stereocenters. The second kappa shape index (κ2) is 7.00. The van der Waals surface area contributed by atoms with Crippen LogP contribution in [-0.4, -0.2) is 35.4 Å². The monoisotopic (exact) mass is 356 g/mol. The Morgan fingerprint density at radius 3 is 2.81 bits per heavy atom. The van der Waals surface area contributed by atoms with Crippen LogP contribution in [0, 0.1) is 0 Å². The molecule has 1 aromatic rings. The highest BCUT2D eigenvalue weighted by Crippen LogP contribution is 2.21. The number of H-pyrrole nitrogens is 1. The summed E-state index contributed by atoms with van der Waals surface area (Å²) in [4.78, 5) is 38.3. The molecule has 0 aromatic carbocycles. The summed E-state index contributed by atoms with van der Waals surface area (Å²) in [5.74, 6) is -0.976. The van der Waals surface area contributed by atoms with Crippen molar-refractivity contribution >= 4 is 27.7 Å². The van der Waals surface area contributed by atoms with Crippen molar-refractivity contribution in [1.29, 1.82) is 0 Å². The van der Waals surface area contributed by atoms with Gasteiger partial charge in [-0.2, -0.15) is 0 Å². The van der Waals surface area contributed by atoms with Gasteiger partial charge in [0, 0.05) is 17.8 Å². The van der Waals surface area contributed by atoms with E-state index in [1.165, 1.54) is 12.3 Å². The number of carbonyl (C=O) groups excluding carboxylic acids is 2. The second-order valence-corrected chi connectivity index (χ2v) is 5.83. The largest absolute Gasteiger partial charge is 0.464 e. The molecule has 0 bridgehead atoms. The lowest BCUT2D eigenvalue weighted by Crippen LogP contribution is -2.45. The molecular formula is C14H17BrN2O4. The number of Topliss-reactive ketones (excluding diaryl/α,β-unsaturated/α-hetero) is 1. The summed E-state index contributed by atoms with van der Waals surface area (Å²) in [5, 5.41) is 3.00. The molecule has 21 heavy (non-hydrogen) atoms. The zero-order chi connectivity index (χ0) is 15.4. The number of hydrogen-bond acceptors (Lipinski definition) is 5. The van der Waals surface area contributed by atoms with Crippen molar-refractivity contribution in [3.8, 4) is 0 Å². The molecule has 1 aliphatic rings. The van der Waals surface area contributed by atoms with Gasteiger partial charge in [-0.3, -0.25) is 14.9 Å². The summed E-state index contributed by atoms with van der Waals surface area (Å²) >= 11 is 3.07. The van der Waals surface area contributed by atoms with E-state index in [2.05, 4.69) is 26.2 Å². The third-order valence-electron chi connectivity index (χ3n) is 3.07. The summed E-state index contributed by atoms with van der Waals surface area (Å²) < 4.78 is 5.32.